The zero-order valence-electron chi connectivity index (χ0n) is 9.20. The summed E-state index contributed by atoms with van der Waals surface area (Å²) in [5.41, 5.74) is -1.47. The zero-order valence-corrected chi connectivity index (χ0v) is 10.0. The molecular formula is C11H14F2O2S. The molecule has 5 heteroatoms. The van der Waals surface area contributed by atoms with Crippen LogP contribution >= 0.6 is 0 Å². The molecule has 1 aromatic rings. The molecule has 16 heavy (non-hydrogen) atoms. The molecule has 1 rings (SSSR count). The molecule has 0 saturated heterocycles. The van der Waals surface area contributed by atoms with Gasteiger partial charge < -0.3 is 0 Å². The summed E-state index contributed by atoms with van der Waals surface area (Å²) in [5, 5.41) is 0. The van der Waals surface area contributed by atoms with Gasteiger partial charge in [0.15, 0.2) is 9.84 Å². The van der Waals surface area contributed by atoms with Crippen molar-refractivity contribution in [3.05, 3.63) is 29.8 Å². The van der Waals surface area contributed by atoms with Gasteiger partial charge >= 0.3 is 0 Å². The second-order valence-corrected chi connectivity index (χ2v) is 5.95. The van der Waals surface area contributed by atoms with Crippen molar-refractivity contribution in [1.29, 1.82) is 0 Å². The molecule has 0 radical (unpaired) electrons. The first-order valence-corrected chi connectivity index (χ1v) is 6.72. The molecule has 0 bridgehead atoms. The lowest BCUT2D eigenvalue weighted by atomic mass is 9.95. The van der Waals surface area contributed by atoms with Gasteiger partial charge in [-0.15, -0.1) is 0 Å². The fourth-order valence-corrected chi connectivity index (χ4v) is 2.00. The Morgan fingerprint density at radius 2 is 1.75 bits per heavy atom. The maximum Gasteiger partial charge on any atom is 0.175 e. The lowest BCUT2D eigenvalue weighted by Gasteiger charge is -2.19. The van der Waals surface area contributed by atoms with E-state index < -0.39 is 22.2 Å². The van der Waals surface area contributed by atoms with Gasteiger partial charge in [0.1, 0.15) is 5.67 Å². The SMILES string of the molecule is CC(F)(CCF)c1ccc(S(C)(=O)=O)cc1. The highest BCUT2D eigenvalue weighted by Crippen LogP contribution is 2.29. The third-order valence-corrected chi connectivity index (χ3v) is 3.58. The highest BCUT2D eigenvalue weighted by molar-refractivity contribution is 7.90. The van der Waals surface area contributed by atoms with Crippen LogP contribution in [0.25, 0.3) is 0 Å². The van der Waals surface area contributed by atoms with Crippen LogP contribution in [0.1, 0.15) is 18.9 Å². The third-order valence-electron chi connectivity index (χ3n) is 2.45. The van der Waals surface area contributed by atoms with Crippen molar-refractivity contribution >= 4 is 9.84 Å². The van der Waals surface area contributed by atoms with E-state index in [4.69, 9.17) is 0 Å². The molecule has 0 aliphatic rings. The minimum atomic E-state index is -3.27. The number of hydrogen-bond donors (Lipinski definition) is 0. The van der Waals surface area contributed by atoms with Crippen LogP contribution in [-0.4, -0.2) is 21.3 Å². The lowest BCUT2D eigenvalue weighted by molar-refractivity contribution is 0.161. The number of benzene rings is 1. The molecule has 0 aromatic heterocycles. The van der Waals surface area contributed by atoms with E-state index in [0.29, 0.717) is 0 Å². The van der Waals surface area contributed by atoms with Crippen LogP contribution in [0.5, 0.6) is 0 Å². The summed E-state index contributed by atoms with van der Waals surface area (Å²) < 4.78 is 48.3. The van der Waals surface area contributed by atoms with Crippen molar-refractivity contribution in [2.75, 3.05) is 12.9 Å². The number of hydrogen-bond acceptors (Lipinski definition) is 2. The van der Waals surface area contributed by atoms with E-state index in [1.54, 1.807) is 0 Å². The molecule has 1 aromatic carbocycles. The summed E-state index contributed by atoms with van der Waals surface area (Å²) in [6, 6.07) is 5.43. The summed E-state index contributed by atoms with van der Waals surface area (Å²) in [7, 11) is -3.27. The zero-order chi connectivity index (χ0) is 12.4. The average molecular weight is 248 g/mol. The molecule has 2 nitrogen and oxygen atoms in total. The van der Waals surface area contributed by atoms with Crippen molar-refractivity contribution in [3.63, 3.8) is 0 Å². The van der Waals surface area contributed by atoms with Crippen LogP contribution in [0.15, 0.2) is 29.2 Å². The number of sulfone groups is 1. The fourth-order valence-electron chi connectivity index (χ4n) is 1.37. The molecule has 0 fully saturated rings. The van der Waals surface area contributed by atoms with E-state index in [1.165, 1.54) is 31.2 Å². The Kier molecular flexibility index (Phi) is 3.68. The Labute approximate surface area is 94.2 Å². The summed E-state index contributed by atoms with van der Waals surface area (Å²) >= 11 is 0. The molecule has 1 unspecified atom stereocenters. The van der Waals surface area contributed by atoms with Crippen LogP contribution in [0, 0.1) is 0 Å². The summed E-state index contributed by atoms with van der Waals surface area (Å²) in [6.45, 7) is 0.531. The quantitative estimate of drug-likeness (QED) is 0.820. The highest BCUT2D eigenvalue weighted by Gasteiger charge is 2.25. The molecular weight excluding hydrogens is 234 g/mol. The molecule has 0 saturated carbocycles. The maximum atomic E-state index is 13.9. The van der Waals surface area contributed by atoms with Gasteiger partial charge in [-0.3, -0.25) is 4.39 Å². The largest absolute Gasteiger partial charge is 0.251 e. The molecule has 0 amide bonds. The van der Waals surface area contributed by atoms with Crippen molar-refractivity contribution in [3.8, 4) is 0 Å². The van der Waals surface area contributed by atoms with E-state index in [0.717, 1.165) is 6.26 Å². The second kappa shape index (κ2) is 4.49. The fraction of sp³-hybridized carbons (Fsp3) is 0.455. The van der Waals surface area contributed by atoms with Crippen LogP contribution < -0.4 is 0 Å². The van der Waals surface area contributed by atoms with E-state index in [-0.39, 0.29) is 16.9 Å². The molecule has 0 spiro atoms. The predicted octanol–water partition coefficient (Wildman–Crippen LogP) is 2.63. The van der Waals surface area contributed by atoms with Gasteiger partial charge in [-0.1, -0.05) is 12.1 Å². The summed E-state index contributed by atoms with van der Waals surface area (Å²) in [6.07, 6.45) is 0.851. The lowest BCUT2D eigenvalue weighted by Crippen LogP contribution is -2.16. The van der Waals surface area contributed by atoms with Crippen LogP contribution in [0.4, 0.5) is 8.78 Å². The molecule has 0 heterocycles. The van der Waals surface area contributed by atoms with E-state index in [9.17, 15) is 17.2 Å². The van der Waals surface area contributed by atoms with Gasteiger partial charge in [0.2, 0.25) is 0 Å². The summed E-state index contributed by atoms with van der Waals surface area (Å²) in [5.74, 6) is 0. The Bertz CT molecular complexity index is 449. The van der Waals surface area contributed by atoms with Gasteiger partial charge in [-0.25, -0.2) is 12.8 Å². The van der Waals surface area contributed by atoms with Crippen molar-refractivity contribution in [1.82, 2.24) is 0 Å². The van der Waals surface area contributed by atoms with Gasteiger partial charge in [-0.2, -0.15) is 0 Å². The monoisotopic (exact) mass is 248 g/mol. The maximum absolute atomic E-state index is 13.9. The van der Waals surface area contributed by atoms with Crippen molar-refractivity contribution < 1.29 is 17.2 Å². The smallest absolute Gasteiger partial charge is 0.175 e. The van der Waals surface area contributed by atoms with Crippen LogP contribution in [0.2, 0.25) is 0 Å². The molecule has 90 valence electrons. The van der Waals surface area contributed by atoms with Gasteiger partial charge in [-0.05, 0) is 24.6 Å². The average Bonchev–Trinajstić information content (AvgIpc) is 2.16. The molecule has 0 aliphatic heterocycles. The Hall–Kier alpha value is -0.970. The van der Waals surface area contributed by atoms with Crippen molar-refractivity contribution in [2.45, 2.75) is 23.9 Å². The van der Waals surface area contributed by atoms with Crippen LogP contribution in [-0.2, 0) is 15.5 Å². The van der Waals surface area contributed by atoms with Gasteiger partial charge in [0.05, 0.1) is 11.6 Å². The third kappa shape index (κ3) is 3.01. The van der Waals surface area contributed by atoms with E-state index in [1.807, 2.05) is 0 Å². The van der Waals surface area contributed by atoms with Gasteiger partial charge in [0.25, 0.3) is 0 Å². The van der Waals surface area contributed by atoms with E-state index >= 15 is 0 Å². The number of halogens is 2. The van der Waals surface area contributed by atoms with Crippen LogP contribution in [0.3, 0.4) is 0 Å². The first-order chi connectivity index (χ1) is 7.27. The normalized spacial score (nSPS) is 15.8. The highest BCUT2D eigenvalue weighted by atomic mass is 32.2. The Morgan fingerprint density at radius 1 is 1.25 bits per heavy atom. The topological polar surface area (TPSA) is 34.1 Å². The second-order valence-electron chi connectivity index (χ2n) is 3.93. The Morgan fingerprint density at radius 3 is 2.12 bits per heavy atom. The standard InChI is InChI=1S/C11H14F2O2S/c1-11(13,7-8-12)9-3-5-10(6-4-9)16(2,14)15/h3-6H,7-8H2,1-2H3. The summed E-state index contributed by atoms with van der Waals surface area (Å²) in [4.78, 5) is 0.132. The minimum absolute atomic E-state index is 0.132. The molecule has 0 aliphatic carbocycles. The van der Waals surface area contributed by atoms with Gasteiger partial charge in [0, 0.05) is 12.7 Å². The van der Waals surface area contributed by atoms with E-state index in [2.05, 4.69) is 0 Å². The first-order valence-electron chi connectivity index (χ1n) is 4.83. The number of rotatable bonds is 4. The molecule has 0 N–H and O–H groups in total. The minimum Gasteiger partial charge on any atom is -0.251 e. The molecule has 1 atom stereocenters. The number of alkyl halides is 2. The van der Waals surface area contributed by atoms with Crippen molar-refractivity contribution in [2.24, 2.45) is 0 Å². The first kappa shape index (κ1) is 13.1. The Balaban J connectivity index is 3.04. The predicted molar refractivity (Wildman–Crippen MR) is 58.6 cm³/mol.